The number of nitrogens with one attached hydrogen (secondary N) is 1. The Labute approximate surface area is 112 Å². The molecule has 2 heterocycles. The SMILES string of the molecule is CCn1cccc1CNc1ccc2nccnc2c1. The molecule has 0 aliphatic heterocycles. The van der Waals surface area contributed by atoms with Crippen LogP contribution in [0.25, 0.3) is 11.0 Å². The predicted octanol–water partition coefficient (Wildman–Crippen LogP) is 3.06. The average Bonchev–Trinajstić information content (AvgIpc) is 2.92. The second kappa shape index (κ2) is 5.10. The molecule has 0 spiro atoms. The highest BCUT2D eigenvalue weighted by Gasteiger charge is 2.01. The molecule has 4 nitrogen and oxygen atoms in total. The molecule has 0 fully saturated rings. The van der Waals surface area contributed by atoms with Gasteiger partial charge in [-0.05, 0) is 37.3 Å². The van der Waals surface area contributed by atoms with Crippen molar-refractivity contribution in [3.63, 3.8) is 0 Å². The first kappa shape index (κ1) is 11.7. The van der Waals surface area contributed by atoms with Crippen molar-refractivity contribution in [1.29, 1.82) is 0 Å². The number of hydrogen-bond acceptors (Lipinski definition) is 3. The summed E-state index contributed by atoms with van der Waals surface area (Å²) in [7, 11) is 0. The third-order valence-electron chi connectivity index (χ3n) is 3.21. The number of nitrogens with zero attached hydrogens (tertiary/aromatic N) is 3. The summed E-state index contributed by atoms with van der Waals surface area (Å²) in [6.45, 7) is 3.95. The van der Waals surface area contributed by atoms with Crippen molar-refractivity contribution < 1.29 is 0 Å². The highest BCUT2D eigenvalue weighted by molar-refractivity contribution is 5.78. The van der Waals surface area contributed by atoms with E-state index in [9.17, 15) is 0 Å². The van der Waals surface area contributed by atoms with E-state index in [-0.39, 0.29) is 0 Å². The lowest BCUT2D eigenvalue weighted by atomic mass is 10.2. The fourth-order valence-corrected chi connectivity index (χ4v) is 2.18. The van der Waals surface area contributed by atoms with Gasteiger partial charge in [0, 0.05) is 36.5 Å². The molecule has 0 saturated heterocycles. The quantitative estimate of drug-likeness (QED) is 0.776. The molecule has 0 unspecified atom stereocenters. The molecule has 0 bridgehead atoms. The fourth-order valence-electron chi connectivity index (χ4n) is 2.18. The molecule has 96 valence electrons. The zero-order valence-electron chi connectivity index (χ0n) is 10.9. The topological polar surface area (TPSA) is 42.7 Å². The molecule has 0 radical (unpaired) electrons. The van der Waals surface area contributed by atoms with Crippen LogP contribution in [0.15, 0.2) is 48.9 Å². The van der Waals surface area contributed by atoms with E-state index in [0.29, 0.717) is 0 Å². The average molecular weight is 252 g/mol. The van der Waals surface area contributed by atoms with Crippen LogP contribution in [0.1, 0.15) is 12.6 Å². The van der Waals surface area contributed by atoms with Crippen molar-refractivity contribution >= 4 is 16.7 Å². The van der Waals surface area contributed by atoms with E-state index in [1.165, 1.54) is 5.69 Å². The van der Waals surface area contributed by atoms with Crippen LogP contribution in [0, 0.1) is 0 Å². The lowest BCUT2D eigenvalue weighted by Gasteiger charge is -2.09. The van der Waals surface area contributed by atoms with Gasteiger partial charge < -0.3 is 9.88 Å². The number of anilines is 1. The van der Waals surface area contributed by atoms with Crippen molar-refractivity contribution in [3.05, 3.63) is 54.6 Å². The van der Waals surface area contributed by atoms with E-state index >= 15 is 0 Å². The minimum Gasteiger partial charge on any atom is -0.379 e. The molecular weight excluding hydrogens is 236 g/mol. The van der Waals surface area contributed by atoms with Gasteiger partial charge in [0.05, 0.1) is 17.6 Å². The van der Waals surface area contributed by atoms with Crippen LogP contribution in [-0.4, -0.2) is 14.5 Å². The number of hydrogen-bond donors (Lipinski definition) is 1. The lowest BCUT2D eigenvalue weighted by Crippen LogP contribution is -2.05. The Balaban J connectivity index is 1.78. The summed E-state index contributed by atoms with van der Waals surface area (Å²) >= 11 is 0. The third kappa shape index (κ3) is 2.42. The highest BCUT2D eigenvalue weighted by Crippen LogP contribution is 2.16. The van der Waals surface area contributed by atoms with E-state index in [1.54, 1.807) is 12.4 Å². The molecule has 19 heavy (non-hydrogen) atoms. The molecule has 1 aromatic carbocycles. The van der Waals surface area contributed by atoms with Gasteiger partial charge in [-0.15, -0.1) is 0 Å². The summed E-state index contributed by atoms with van der Waals surface area (Å²) < 4.78 is 2.23. The van der Waals surface area contributed by atoms with Gasteiger partial charge in [0.25, 0.3) is 0 Å². The lowest BCUT2D eigenvalue weighted by molar-refractivity contribution is 0.724. The first-order chi connectivity index (χ1) is 9.36. The smallest absolute Gasteiger partial charge is 0.0907 e. The highest BCUT2D eigenvalue weighted by atomic mass is 15.0. The Morgan fingerprint density at radius 1 is 1.11 bits per heavy atom. The van der Waals surface area contributed by atoms with E-state index in [0.717, 1.165) is 29.8 Å². The minimum absolute atomic E-state index is 0.812. The molecule has 2 aromatic heterocycles. The van der Waals surface area contributed by atoms with Gasteiger partial charge in [-0.3, -0.25) is 9.97 Å². The van der Waals surface area contributed by atoms with Crippen LogP contribution in [0.3, 0.4) is 0 Å². The van der Waals surface area contributed by atoms with Gasteiger partial charge in [0.1, 0.15) is 0 Å². The zero-order chi connectivity index (χ0) is 13.1. The van der Waals surface area contributed by atoms with Crippen LogP contribution in [0.5, 0.6) is 0 Å². The maximum absolute atomic E-state index is 4.31. The largest absolute Gasteiger partial charge is 0.379 e. The summed E-state index contributed by atoms with van der Waals surface area (Å²) in [6, 6.07) is 10.3. The molecule has 0 saturated carbocycles. The summed E-state index contributed by atoms with van der Waals surface area (Å²) in [5.41, 5.74) is 4.18. The van der Waals surface area contributed by atoms with Crippen molar-refractivity contribution in [2.45, 2.75) is 20.0 Å². The van der Waals surface area contributed by atoms with Crippen LogP contribution in [-0.2, 0) is 13.1 Å². The van der Waals surface area contributed by atoms with Crippen LogP contribution >= 0.6 is 0 Å². The summed E-state index contributed by atoms with van der Waals surface area (Å²) in [6.07, 6.45) is 5.53. The first-order valence-corrected chi connectivity index (χ1v) is 6.45. The van der Waals surface area contributed by atoms with E-state index in [4.69, 9.17) is 0 Å². The molecule has 3 aromatic rings. The number of rotatable bonds is 4. The van der Waals surface area contributed by atoms with Gasteiger partial charge in [-0.25, -0.2) is 0 Å². The molecule has 3 rings (SSSR count). The fraction of sp³-hybridized carbons (Fsp3) is 0.200. The summed E-state index contributed by atoms with van der Waals surface area (Å²) in [5.74, 6) is 0. The Kier molecular flexibility index (Phi) is 3.14. The first-order valence-electron chi connectivity index (χ1n) is 6.45. The van der Waals surface area contributed by atoms with Crippen molar-refractivity contribution in [1.82, 2.24) is 14.5 Å². The van der Waals surface area contributed by atoms with E-state index < -0.39 is 0 Å². The van der Waals surface area contributed by atoms with Crippen LogP contribution < -0.4 is 5.32 Å². The third-order valence-corrected chi connectivity index (χ3v) is 3.21. The molecule has 0 aliphatic carbocycles. The number of benzene rings is 1. The normalized spacial score (nSPS) is 10.8. The Bertz CT molecular complexity index is 687. The molecule has 0 amide bonds. The Hall–Kier alpha value is -2.36. The summed E-state index contributed by atoms with van der Waals surface area (Å²) in [5, 5.41) is 3.43. The van der Waals surface area contributed by atoms with Gasteiger partial charge in [0.15, 0.2) is 0 Å². The van der Waals surface area contributed by atoms with Crippen molar-refractivity contribution in [2.75, 3.05) is 5.32 Å². The van der Waals surface area contributed by atoms with Gasteiger partial charge in [-0.1, -0.05) is 0 Å². The maximum Gasteiger partial charge on any atom is 0.0907 e. The summed E-state index contributed by atoms with van der Waals surface area (Å²) in [4.78, 5) is 8.58. The Morgan fingerprint density at radius 2 is 1.95 bits per heavy atom. The van der Waals surface area contributed by atoms with Crippen molar-refractivity contribution in [2.24, 2.45) is 0 Å². The molecule has 1 N–H and O–H groups in total. The van der Waals surface area contributed by atoms with E-state index in [2.05, 4.69) is 45.1 Å². The van der Waals surface area contributed by atoms with E-state index in [1.807, 2.05) is 18.2 Å². The van der Waals surface area contributed by atoms with Crippen LogP contribution in [0.2, 0.25) is 0 Å². The van der Waals surface area contributed by atoms with Gasteiger partial charge >= 0.3 is 0 Å². The van der Waals surface area contributed by atoms with Crippen LogP contribution in [0.4, 0.5) is 5.69 Å². The number of fused-ring (bicyclic) bond motifs is 1. The monoisotopic (exact) mass is 252 g/mol. The van der Waals surface area contributed by atoms with Gasteiger partial charge in [0.2, 0.25) is 0 Å². The minimum atomic E-state index is 0.812. The second-order valence-corrected chi connectivity index (χ2v) is 4.40. The standard InChI is InChI=1S/C15H16N4/c1-2-19-9-3-4-13(19)11-18-12-5-6-14-15(10-12)17-8-7-16-14/h3-10,18H,2,11H2,1H3. The predicted molar refractivity (Wildman–Crippen MR) is 77.0 cm³/mol. The Morgan fingerprint density at radius 3 is 2.79 bits per heavy atom. The van der Waals surface area contributed by atoms with Gasteiger partial charge in [-0.2, -0.15) is 0 Å². The maximum atomic E-state index is 4.31. The molecule has 4 heteroatoms. The van der Waals surface area contributed by atoms with Crippen molar-refractivity contribution in [3.8, 4) is 0 Å². The number of aryl methyl sites for hydroxylation is 1. The molecule has 0 atom stereocenters. The zero-order valence-corrected chi connectivity index (χ0v) is 10.9. The molecular formula is C15H16N4. The number of aromatic nitrogens is 3. The second-order valence-electron chi connectivity index (χ2n) is 4.40. The molecule has 0 aliphatic rings.